The molecule has 0 amide bonds. The van der Waals surface area contributed by atoms with E-state index in [1.807, 2.05) is 6.07 Å². The van der Waals surface area contributed by atoms with E-state index in [1.165, 1.54) is 12.1 Å². The lowest BCUT2D eigenvalue weighted by Gasteiger charge is -2.11. The normalized spacial score (nSPS) is 9.89. The summed E-state index contributed by atoms with van der Waals surface area (Å²) in [4.78, 5) is 0. The van der Waals surface area contributed by atoms with Crippen LogP contribution in [-0.4, -0.2) is 0 Å². The van der Waals surface area contributed by atoms with E-state index in [0.717, 1.165) is 0 Å². The first-order valence-electron chi connectivity index (χ1n) is 5.03. The summed E-state index contributed by atoms with van der Waals surface area (Å²) in [7, 11) is 0. The smallest absolute Gasteiger partial charge is 0.143 e. The molecule has 0 spiro atoms. The fourth-order valence-corrected chi connectivity index (χ4v) is 2.03. The zero-order valence-corrected chi connectivity index (χ0v) is 11.4. The van der Waals surface area contributed by atoms with Crippen LogP contribution in [0.5, 0.6) is 0 Å². The van der Waals surface area contributed by atoms with Crippen LogP contribution >= 0.6 is 27.5 Å². The Morgan fingerprint density at radius 3 is 2.56 bits per heavy atom. The number of hydrogen-bond donors (Lipinski definition) is 1. The Hall–Kier alpha value is -1.57. The third-order valence-corrected chi connectivity index (χ3v) is 3.74. The molecule has 0 aliphatic rings. The fraction of sp³-hybridized carbons (Fsp3) is 0. The van der Waals surface area contributed by atoms with Gasteiger partial charge in [0.1, 0.15) is 17.4 Å². The van der Waals surface area contributed by atoms with E-state index in [2.05, 4.69) is 21.2 Å². The second kappa shape index (κ2) is 5.38. The Kier molecular flexibility index (Phi) is 3.85. The van der Waals surface area contributed by atoms with Gasteiger partial charge in [0.25, 0.3) is 0 Å². The molecule has 18 heavy (non-hydrogen) atoms. The van der Waals surface area contributed by atoms with Crippen molar-refractivity contribution >= 4 is 38.9 Å². The van der Waals surface area contributed by atoms with Crippen LogP contribution in [0.3, 0.4) is 0 Å². The Labute approximate surface area is 117 Å². The molecule has 2 rings (SSSR count). The van der Waals surface area contributed by atoms with Gasteiger partial charge in [-0.05, 0) is 40.2 Å². The molecule has 0 bridgehead atoms. The highest BCUT2D eigenvalue weighted by Crippen LogP contribution is 2.33. The van der Waals surface area contributed by atoms with Crippen LogP contribution < -0.4 is 5.32 Å². The second-order valence-corrected chi connectivity index (χ2v) is 4.70. The van der Waals surface area contributed by atoms with Crippen LogP contribution in [0, 0.1) is 17.1 Å². The third-order valence-electron chi connectivity index (χ3n) is 2.35. The maximum atomic E-state index is 13.4. The van der Waals surface area contributed by atoms with Crippen molar-refractivity contribution in [2.75, 3.05) is 5.32 Å². The topological polar surface area (TPSA) is 35.8 Å². The summed E-state index contributed by atoms with van der Waals surface area (Å²) in [5, 5.41) is 12.4. The third kappa shape index (κ3) is 2.47. The Morgan fingerprint density at radius 2 is 1.83 bits per heavy atom. The number of rotatable bonds is 2. The number of benzene rings is 2. The van der Waals surface area contributed by atoms with Crippen LogP contribution in [0.25, 0.3) is 0 Å². The van der Waals surface area contributed by atoms with Gasteiger partial charge < -0.3 is 5.32 Å². The monoisotopic (exact) mass is 324 g/mol. The van der Waals surface area contributed by atoms with Crippen molar-refractivity contribution in [3.05, 3.63) is 57.3 Å². The van der Waals surface area contributed by atoms with Gasteiger partial charge in [-0.15, -0.1) is 0 Å². The van der Waals surface area contributed by atoms with Gasteiger partial charge in [0.05, 0.1) is 20.9 Å². The van der Waals surface area contributed by atoms with Gasteiger partial charge in [-0.3, -0.25) is 0 Å². The van der Waals surface area contributed by atoms with Gasteiger partial charge in [-0.25, -0.2) is 4.39 Å². The maximum Gasteiger partial charge on any atom is 0.143 e. The lowest BCUT2D eigenvalue weighted by molar-refractivity contribution is 0.624. The van der Waals surface area contributed by atoms with E-state index >= 15 is 0 Å². The summed E-state index contributed by atoms with van der Waals surface area (Å²) in [6.45, 7) is 0. The molecule has 0 heterocycles. The quantitative estimate of drug-likeness (QED) is 0.856. The van der Waals surface area contributed by atoms with Gasteiger partial charge in [0.2, 0.25) is 0 Å². The van der Waals surface area contributed by atoms with Crippen LogP contribution in [-0.2, 0) is 0 Å². The second-order valence-electron chi connectivity index (χ2n) is 3.50. The molecule has 2 nitrogen and oxygen atoms in total. The zero-order valence-electron chi connectivity index (χ0n) is 9.05. The number of nitriles is 1. The molecule has 0 atom stereocenters. The van der Waals surface area contributed by atoms with Crippen molar-refractivity contribution in [3.8, 4) is 6.07 Å². The molecule has 90 valence electrons. The van der Waals surface area contributed by atoms with Crippen LogP contribution in [0.4, 0.5) is 15.8 Å². The van der Waals surface area contributed by atoms with Gasteiger partial charge in [-0.2, -0.15) is 5.26 Å². The van der Waals surface area contributed by atoms with Crippen molar-refractivity contribution in [3.63, 3.8) is 0 Å². The zero-order chi connectivity index (χ0) is 13.1. The molecule has 0 aliphatic heterocycles. The average molecular weight is 326 g/mol. The highest BCUT2D eigenvalue weighted by atomic mass is 79.9. The van der Waals surface area contributed by atoms with E-state index in [0.29, 0.717) is 20.9 Å². The summed E-state index contributed by atoms with van der Waals surface area (Å²) in [5.74, 6) is -0.555. The van der Waals surface area contributed by atoms with Crippen molar-refractivity contribution in [2.24, 2.45) is 0 Å². The van der Waals surface area contributed by atoms with Crippen LogP contribution in [0.2, 0.25) is 5.02 Å². The standard InChI is InChI=1S/C13H7BrClFN2/c14-13-9(15)3-1-6-12(13)18-11-5-2-4-10(16)8(11)7-17/h1-6,18H. The minimum absolute atomic E-state index is 0.0237. The number of nitrogens with zero attached hydrogens (tertiary/aromatic N) is 1. The molecular weight excluding hydrogens is 319 g/mol. The van der Waals surface area contributed by atoms with E-state index in [-0.39, 0.29) is 5.56 Å². The van der Waals surface area contributed by atoms with Crippen LogP contribution in [0.15, 0.2) is 40.9 Å². The molecule has 0 aliphatic carbocycles. The lowest BCUT2D eigenvalue weighted by Crippen LogP contribution is -1.96. The SMILES string of the molecule is N#Cc1c(F)cccc1Nc1cccc(Cl)c1Br. The van der Waals surface area contributed by atoms with Crippen molar-refractivity contribution in [1.29, 1.82) is 5.26 Å². The molecule has 0 unspecified atom stereocenters. The molecule has 1 N–H and O–H groups in total. The van der Waals surface area contributed by atoms with Crippen molar-refractivity contribution in [1.82, 2.24) is 0 Å². The van der Waals surface area contributed by atoms with Crippen molar-refractivity contribution in [2.45, 2.75) is 0 Å². The lowest BCUT2D eigenvalue weighted by atomic mass is 10.1. The van der Waals surface area contributed by atoms with Gasteiger partial charge in [0.15, 0.2) is 0 Å². The van der Waals surface area contributed by atoms with Crippen molar-refractivity contribution < 1.29 is 4.39 Å². The minimum Gasteiger partial charge on any atom is -0.353 e. The van der Waals surface area contributed by atoms with E-state index in [1.54, 1.807) is 24.3 Å². The molecule has 0 radical (unpaired) electrons. The predicted octanol–water partition coefficient (Wildman–Crippen LogP) is 4.86. The number of halogens is 3. The van der Waals surface area contributed by atoms with E-state index in [4.69, 9.17) is 16.9 Å². The first kappa shape index (κ1) is 12.9. The largest absolute Gasteiger partial charge is 0.353 e. The first-order chi connectivity index (χ1) is 8.63. The number of nitrogens with one attached hydrogen (secondary N) is 1. The van der Waals surface area contributed by atoms with Gasteiger partial charge >= 0.3 is 0 Å². The van der Waals surface area contributed by atoms with E-state index < -0.39 is 5.82 Å². The fourth-order valence-electron chi connectivity index (χ4n) is 1.49. The molecule has 0 saturated carbocycles. The maximum absolute atomic E-state index is 13.4. The van der Waals surface area contributed by atoms with Gasteiger partial charge in [-0.1, -0.05) is 23.7 Å². The van der Waals surface area contributed by atoms with Crippen LogP contribution in [0.1, 0.15) is 5.56 Å². The molecule has 0 fully saturated rings. The summed E-state index contributed by atoms with van der Waals surface area (Å²) >= 11 is 9.29. The molecular formula is C13H7BrClFN2. The first-order valence-corrected chi connectivity index (χ1v) is 6.20. The number of anilines is 2. The summed E-state index contributed by atoms with van der Waals surface area (Å²) < 4.78 is 14.1. The number of hydrogen-bond acceptors (Lipinski definition) is 2. The van der Waals surface area contributed by atoms with E-state index in [9.17, 15) is 4.39 Å². The highest BCUT2D eigenvalue weighted by Gasteiger charge is 2.10. The Bertz CT molecular complexity index is 637. The predicted molar refractivity (Wildman–Crippen MR) is 73.5 cm³/mol. The molecule has 5 heteroatoms. The Balaban J connectivity index is 2.44. The molecule has 0 saturated heterocycles. The Morgan fingerprint density at radius 1 is 1.17 bits per heavy atom. The highest BCUT2D eigenvalue weighted by molar-refractivity contribution is 9.10. The minimum atomic E-state index is -0.555. The average Bonchev–Trinajstić information content (AvgIpc) is 2.35. The summed E-state index contributed by atoms with van der Waals surface area (Å²) in [6, 6.07) is 11.5. The summed E-state index contributed by atoms with van der Waals surface area (Å²) in [5.41, 5.74) is 1.05. The molecule has 0 aromatic heterocycles. The molecule has 2 aromatic rings. The molecule has 2 aromatic carbocycles. The van der Waals surface area contributed by atoms with Gasteiger partial charge in [0, 0.05) is 0 Å². The summed E-state index contributed by atoms with van der Waals surface area (Å²) in [6.07, 6.45) is 0.